The Labute approximate surface area is 78.5 Å². The molecule has 0 unspecified atom stereocenters. The number of ketones is 1. The molecule has 0 aromatic carbocycles. The summed E-state index contributed by atoms with van der Waals surface area (Å²) in [5.41, 5.74) is 8.23. The van der Waals surface area contributed by atoms with E-state index in [0.29, 0.717) is 0 Å². The molecule has 1 aromatic heterocycles. The third kappa shape index (κ3) is 1.65. The fourth-order valence-corrected chi connectivity index (χ4v) is 1.68. The van der Waals surface area contributed by atoms with Crippen LogP contribution in [0.5, 0.6) is 0 Å². The lowest BCUT2D eigenvalue weighted by atomic mass is 10.1. The molecule has 0 radical (unpaired) electrons. The monoisotopic (exact) mass is 180 g/mol. The molecule has 0 saturated carbocycles. The van der Waals surface area contributed by atoms with Crippen molar-refractivity contribution >= 4 is 5.78 Å². The Morgan fingerprint density at radius 1 is 1.54 bits per heavy atom. The maximum atomic E-state index is 11.4. The van der Waals surface area contributed by atoms with Gasteiger partial charge in [-0.25, -0.2) is 0 Å². The van der Waals surface area contributed by atoms with Gasteiger partial charge in [-0.3, -0.25) is 4.79 Å². The average molecular weight is 180 g/mol. The molecule has 0 spiro atoms. The number of rotatable bonds is 3. The van der Waals surface area contributed by atoms with E-state index in [1.54, 1.807) is 0 Å². The molecule has 1 aromatic rings. The van der Waals surface area contributed by atoms with Gasteiger partial charge in [-0.1, -0.05) is 0 Å². The highest BCUT2D eigenvalue weighted by Gasteiger charge is 2.12. The zero-order valence-electron chi connectivity index (χ0n) is 8.42. The standard InChI is InChI=1S/C10H16N2O/c1-4-12-7(2)5-9(8(12)3)10(13)6-11/h5H,4,6,11H2,1-3H3. The first-order chi connectivity index (χ1) is 6.11. The second-order valence-corrected chi connectivity index (χ2v) is 3.16. The Balaban J connectivity index is 3.18. The number of hydrogen-bond acceptors (Lipinski definition) is 2. The first-order valence-electron chi connectivity index (χ1n) is 4.51. The zero-order valence-corrected chi connectivity index (χ0v) is 8.42. The van der Waals surface area contributed by atoms with Crippen LogP contribution in [0.4, 0.5) is 0 Å². The van der Waals surface area contributed by atoms with Crippen molar-refractivity contribution in [3.05, 3.63) is 23.0 Å². The molecular formula is C10H16N2O. The Hall–Kier alpha value is -1.09. The Morgan fingerprint density at radius 2 is 2.15 bits per heavy atom. The molecular weight excluding hydrogens is 164 g/mol. The number of nitrogens with zero attached hydrogens (tertiary/aromatic N) is 1. The fourth-order valence-electron chi connectivity index (χ4n) is 1.68. The summed E-state index contributed by atoms with van der Waals surface area (Å²) in [5.74, 6) is 0.0211. The molecule has 1 heterocycles. The second-order valence-electron chi connectivity index (χ2n) is 3.16. The molecule has 0 amide bonds. The lowest BCUT2D eigenvalue weighted by Gasteiger charge is -2.04. The van der Waals surface area contributed by atoms with Crippen LogP contribution in [-0.4, -0.2) is 16.9 Å². The van der Waals surface area contributed by atoms with E-state index in [4.69, 9.17) is 5.73 Å². The first kappa shape index (κ1) is 9.99. The van der Waals surface area contributed by atoms with Crippen LogP contribution >= 0.6 is 0 Å². The minimum Gasteiger partial charge on any atom is -0.349 e. The molecule has 1 rings (SSSR count). The van der Waals surface area contributed by atoms with Gasteiger partial charge in [0.05, 0.1) is 6.54 Å². The SMILES string of the molecule is CCn1c(C)cc(C(=O)CN)c1C. The molecule has 0 bridgehead atoms. The first-order valence-corrected chi connectivity index (χ1v) is 4.51. The van der Waals surface area contributed by atoms with E-state index in [9.17, 15) is 4.79 Å². The van der Waals surface area contributed by atoms with Gasteiger partial charge in [0.15, 0.2) is 5.78 Å². The largest absolute Gasteiger partial charge is 0.349 e. The lowest BCUT2D eigenvalue weighted by Crippen LogP contribution is -2.14. The van der Waals surface area contributed by atoms with Crippen LogP contribution in [-0.2, 0) is 6.54 Å². The summed E-state index contributed by atoms with van der Waals surface area (Å²) in [5, 5.41) is 0. The molecule has 72 valence electrons. The molecule has 13 heavy (non-hydrogen) atoms. The quantitative estimate of drug-likeness (QED) is 0.712. The van der Waals surface area contributed by atoms with Gasteiger partial charge in [-0.15, -0.1) is 0 Å². The summed E-state index contributed by atoms with van der Waals surface area (Å²) < 4.78 is 2.11. The van der Waals surface area contributed by atoms with Crippen molar-refractivity contribution in [2.24, 2.45) is 5.73 Å². The van der Waals surface area contributed by atoms with Gasteiger partial charge in [-0.2, -0.15) is 0 Å². The Bertz CT molecular complexity index is 326. The van der Waals surface area contributed by atoms with Crippen molar-refractivity contribution in [1.29, 1.82) is 0 Å². The van der Waals surface area contributed by atoms with E-state index in [0.717, 1.165) is 23.5 Å². The van der Waals surface area contributed by atoms with E-state index < -0.39 is 0 Å². The Kier molecular flexibility index (Phi) is 2.88. The van der Waals surface area contributed by atoms with E-state index in [-0.39, 0.29) is 12.3 Å². The van der Waals surface area contributed by atoms with Crippen molar-refractivity contribution in [1.82, 2.24) is 4.57 Å². The van der Waals surface area contributed by atoms with Crippen molar-refractivity contribution < 1.29 is 4.79 Å². The third-order valence-corrected chi connectivity index (χ3v) is 2.38. The predicted octanol–water partition coefficient (Wildman–Crippen LogP) is 1.27. The highest BCUT2D eigenvalue weighted by molar-refractivity contribution is 5.98. The number of carbonyl (C=O) groups is 1. The Morgan fingerprint density at radius 3 is 2.54 bits per heavy atom. The molecule has 3 nitrogen and oxygen atoms in total. The van der Waals surface area contributed by atoms with Crippen LogP contribution in [0.1, 0.15) is 28.7 Å². The van der Waals surface area contributed by atoms with Crippen LogP contribution in [0, 0.1) is 13.8 Å². The third-order valence-electron chi connectivity index (χ3n) is 2.38. The summed E-state index contributed by atoms with van der Waals surface area (Å²) >= 11 is 0. The lowest BCUT2D eigenvalue weighted by molar-refractivity contribution is 0.100. The summed E-state index contributed by atoms with van der Waals surface area (Å²) in [6, 6.07) is 1.91. The van der Waals surface area contributed by atoms with Crippen LogP contribution in [0.15, 0.2) is 6.07 Å². The average Bonchev–Trinajstić information content (AvgIpc) is 2.40. The molecule has 0 saturated heterocycles. The minimum absolute atomic E-state index is 0.0211. The number of aryl methyl sites for hydroxylation is 1. The predicted molar refractivity (Wildman–Crippen MR) is 53.0 cm³/mol. The number of Topliss-reactive ketones (excluding diaryl/α,β-unsaturated/α-hetero) is 1. The topological polar surface area (TPSA) is 48.0 Å². The van der Waals surface area contributed by atoms with Gasteiger partial charge in [0.2, 0.25) is 0 Å². The summed E-state index contributed by atoms with van der Waals surface area (Å²) in [7, 11) is 0. The highest BCUT2D eigenvalue weighted by Crippen LogP contribution is 2.14. The summed E-state index contributed by atoms with van der Waals surface area (Å²) in [6.45, 7) is 7.02. The van der Waals surface area contributed by atoms with E-state index in [1.165, 1.54) is 0 Å². The van der Waals surface area contributed by atoms with Crippen molar-refractivity contribution in [2.75, 3.05) is 6.54 Å². The van der Waals surface area contributed by atoms with Gasteiger partial charge in [0, 0.05) is 23.5 Å². The normalized spacial score (nSPS) is 10.5. The minimum atomic E-state index is 0.0211. The van der Waals surface area contributed by atoms with Gasteiger partial charge in [0.1, 0.15) is 0 Å². The summed E-state index contributed by atoms with van der Waals surface area (Å²) in [4.78, 5) is 11.4. The van der Waals surface area contributed by atoms with Gasteiger partial charge in [-0.05, 0) is 26.8 Å². The van der Waals surface area contributed by atoms with Crippen molar-refractivity contribution in [3.63, 3.8) is 0 Å². The molecule has 3 heteroatoms. The number of nitrogens with two attached hydrogens (primary N) is 1. The molecule has 0 fully saturated rings. The number of aromatic nitrogens is 1. The van der Waals surface area contributed by atoms with Crippen LogP contribution in [0.2, 0.25) is 0 Å². The van der Waals surface area contributed by atoms with Crippen LogP contribution in [0.25, 0.3) is 0 Å². The number of hydrogen-bond donors (Lipinski definition) is 1. The maximum absolute atomic E-state index is 11.4. The maximum Gasteiger partial charge on any atom is 0.178 e. The van der Waals surface area contributed by atoms with Gasteiger partial charge < -0.3 is 10.3 Å². The molecule has 0 aliphatic rings. The van der Waals surface area contributed by atoms with E-state index in [1.807, 2.05) is 19.9 Å². The van der Waals surface area contributed by atoms with E-state index >= 15 is 0 Å². The fraction of sp³-hybridized carbons (Fsp3) is 0.500. The van der Waals surface area contributed by atoms with Crippen molar-refractivity contribution in [3.8, 4) is 0 Å². The van der Waals surface area contributed by atoms with Gasteiger partial charge >= 0.3 is 0 Å². The smallest absolute Gasteiger partial charge is 0.178 e. The number of carbonyl (C=O) groups excluding carboxylic acids is 1. The van der Waals surface area contributed by atoms with Crippen LogP contribution in [0.3, 0.4) is 0 Å². The highest BCUT2D eigenvalue weighted by atomic mass is 16.1. The molecule has 0 aliphatic carbocycles. The molecule has 0 atom stereocenters. The van der Waals surface area contributed by atoms with Gasteiger partial charge in [0.25, 0.3) is 0 Å². The molecule has 0 aliphatic heterocycles. The second kappa shape index (κ2) is 3.75. The van der Waals surface area contributed by atoms with Crippen molar-refractivity contribution in [2.45, 2.75) is 27.3 Å². The zero-order chi connectivity index (χ0) is 10.0. The summed E-state index contributed by atoms with van der Waals surface area (Å²) in [6.07, 6.45) is 0. The molecule has 2 N–H and O–H groups in total. The van der Waals surface area contributed by atoms with E-state index in [2.05, 4.69) is 11.5 Å². The van der Waals surface area contributed by atoms with Crippen LogP contribution < -0.4 is 5.73 Å².